The molecule has 8 heteroatoms. The molecular weight excluding hydrogens is 317 g/mol. The summed E-state index contributed by atoms with van der Waals surface area (Å²) in [5, 5.41) is 18.3. The van der Waals surface area contributed by atoms with E-state index in [1.54, 1.807) is 12.1 Å². The van der Waals surface area contributed by atoms with Gasteiger partial charge in [0.05, 0.1) is 15.0 Å². The van der Waals surface area contributed by atoms with Gasteiger partial charge in [-0.05, 0) is 18.2 Å². The zero-order valence-corrected chi connectivity index (χ0v) is 12.0. The Morgan fingerprint density at radius 1 is 1.19 bits per heavy atom. The standard InChI is InChI=1S/C13H9Cl2N3O3/c14-10-6-8(2-3-9(10)13(16)17)21-12-4-1-7(18(19)20)5-11(12)15/h1-6H,(H3,16,17). The number of amidine groups is 1. The van der Waals surface area contributed by atoms with Crippen LogP contribution in [0.3, 0.4) is 0 Å². The van der Waals surface area contributed by atoms with Gasteiger partial charge in [-0.2, -0.15) is 0 Å². The van der Waals surface area contributed by atoms with Crippen molar-refractivity contribution < 1.29 is 9.66 Å². The highest BCUT2D eigenvalue weighted by Crippen LogP contribution is 2.33. The number of nitrogens with zero attached hydrogens (tertiary/aromatic N) is 1. The smallest absolute Gasteiger partial charge is 0.271 e. The minimum absolute atomic E-state index is 0.107. The van der Waals surface area contributed by atoms with Crippen molar-refractivity contribution >= 4 is 34.7 Å². The van der Waals surface area contributed by atoms with Gasteiger partial charge >= 0.3 is 0 Å². The van der Waals surface area contributed by atoms with Crippen LogP contribution in [0.4, 0.5) is 5.69 Å². The maximum absolute atomic E-state index is 10.6. The second-order valence-electron chi connectivity index (χ2n) is 4.03. The molecule has 108 valence electrons. The molecule has 2 aromatic rings. The van der Waals surface area contributed by atoms with Crippen LogP contribution in [0.25, 0.3) is 0 Å². The zero-order chi connectivity index (χ0) is 15.6. The molecule has 3 N–H and O–H groups in total. The number of ether oxygens (including phenoxy) is 1. The van der Waals surface area contributed by atoms with E-state index in [1.807, 2.05) is 0 Å². The average molecular weight is 326 g/mol. The van der Waals surface area contributed by atoms with E-state index >= 15 is 0 Å². The van der Waals surface area contributed by atoms with E-state index in [1.165, 1.54) is 24.3 Å². The summed E-state index contributed by atoms with van der Waals surface area (Å²) in [6.45, 7) is 0. The second kappa shape index (κ2) is 5.99. The molecule has 0 bridgehead atoms. The first-order valence-electron chi connectivity index (χ1n) is 5.64. The minimum Gasteiger partial charge on any atom is -0.456 e. The monoisotopic (exact) mass is 325 g/mol. The number of rotatable bonds is 4. The molecule has 0 aliphatic carbocycles. The van der Waals surface area contributed by atoms with E-state index in [0.717, 1.165) is 0 Å². The van der Waals surface area contributed by atoms with E-state index in [2.05, 4.69) is 0 Å². The highest BCUT2D eigenvalue weighted by Gasteiger charge is 2.12. The third kappa shape index (κ3) is 3.42. The summed E-state index contributed by atoms with van der Waals surface area (Å²) in [6.07, 6.45) is 0. The molecule has 0 saturated heterocycles. The van der Waals surface area contributed by atoms with Gasteiger partial charge < -0.3 is 10.5 Å². The molecule has 0 unspecified atom stereocenters. The highest BCUT2D eigenvalue weighted by atomic mass is 35.5. The van der Waals surface area contributed by atoms with Crippen LogP contribution in [0.5, 0.6) is 11.5 Å². The van der Waals surface area contributed by atoms with E-state index in [0.29, 0.717) is 11.3 Å². The number of hydrogen-bond acceptors (Lipinski definition) is 4. The first-order chi connectivity index (χ1) is 9.88. The molecule has 0 aromatic heterocycles. The molecule has 0 amide bonds. The third-order valence-corrected chi connectivity index (χ3v) is 3.19. The maximum atomic E-state index is 10.6. The van der Waals surface area contributed by atoms with E-state index < -0.39 is 4.92 Å². The fourth-order valence-corrected chi connectivity index (χ4v) is 2.08. The van der Waals surface area contributed by atoms with Crippen LogP contribution >= 0.6 is 23.2 Å². The van der Waals surface area contributed by atoms with E-state index in [4.69, 9.17) is 39.1 Å². The Morgan fingerprint density at radius 2 is 1.90 bits per heavy atom. The normalized spacial score (nSPS) is 10.2. The lowest BCUT2D eigenvalue weighted by molar-refractivity contribution is -0.384. The van der Waals surface area contributed by atoms with Gasteiger partial charge in [-0.1, -0.05) is 23.2 Å². The summed E-state index contributed by atoms with van der Waals surface area (Å²) in [5.41, 5.74) is 5.62. The Hall–Kier alpha value is -2.31. The predicted octanol–water partition coefficient (Wildman–Crippen LogP) is 3.98. The SMILES string of the molecule is N=C(N)c1ccc(Oc2ccc([N+](=O)[O-])cc2Cl)cc1Cl. The van der Waals surface area contributed by atoms with Crippen molar-refractivity contribution in [1.29, 1.82) is 5.41 Å². The van der Waals surface area contributed by atoms with Gasteiger partial charge in [0, 0.05) is 23.8 Å². The fraction of sp³-hybridized carbons (Fsp3) is 0. The maximum Gasteiger partial charge on any atom is 0.271 e. The Balaban J connectivity index is 2.28. The summed E-state index contributed by atoms with van der Waals surface area (Å²) in [5.74, 6) is 0.481. The van der Waals surface area contributed by atoms with Crippen LogP contribution in [0.2, 0.25) is 10.0 Å². The van der Waals surface area contributed by atoms with Gasteiger partial charge in [0.15, 0.2) is 0 Å². The number of nitro benzene ring substituents is 1. The van der Waals surface area contributed by atoms with Crippen LogP contribution in [0, 0.1) is 15.5 Å². The van der Waals surface area contributed by atoms with Gasteiger partial charge in [0.25, 0.3) is 5.69 Å². The quantitative estimate of drug-likeness (QED) is 0.384. The predicted molar refractivity (Wildman–Crippen MR) is 80.6 cm³/mol. The van der Waals surface area contributed by atoms with E-state index in [9.17, 15) is 10.1 Å². The Morgan fingerprint density at radius 3 is 2.43 bits per heavy atom. The molecule has 6 nitrogen and oxygen atoms in total. The van der Waals surface area contributed by atoms with Gasteiger partial charge in [0.1, 0.15) is 17.3 Å². The van der Waals surface area contributed by atoms with Crippen LogP contribution < -0.4 is 10.5 Å². The molecular formula is C13H9Cl2N3O3. The number of nitro groups is 1. The lowest BCUT2D eigenvalue weighted by atomic mass is 10.2. The number of benzene rings is 2. The van der Waals surface area contributed by atoms with Crippen molar-refractivity contribution in [2.45, 2.75) is 0 Å². The molecule has 0 aliphatic rings. The van der Waals surface area contributed by atoms with Gasteiger partial charge in [-0.25, -0.2) is 0 Å². The number of hydrogen-bond donors (Lipinski definition) is 2. The summed E-state index contributed by atoms with van der Waals surface area (Å²) < 4.78 is 5.51. The van der Waals surface area contributed by atoms with Crippen molar-refractivity contribution in [3.63, 3.8) is 0 Å². The summed E-state index contributed by atoms with van der Waals surface area (Å²) >= 11 is 11.9. The largest absolute Gasteiger partial charge is 0.456 e. The van der Waals surface area contributed by atoms with Crippen molar-refractivity contribution in [1.82, 2.24) is 0 Å². The molecule has 0 atom stereocenters. The second-order valence-corrected chi connectivity index (χ2v) is 4.84. The fourth-order valence-electron chi connectivity index (χ4n) is 1.59. The summed E-state index contributed by atoms with van der Waals surface area (Å²) in [4.78, 5) is 10.1. The van der Waals surface area contributed by atoms with Gasteiger partial charge in [0.2, 0.25) is 0 Å². The van der Waals surface area contributed by atoms with Crippen LogP contribution in [0.1, 0.15) is 5.56 Å². The number of non-ortho nitro benzene ring substituents is 1. The average Bonchev–Trinajstić information content (AvgIpc) is 2.40. The number of nitrogens with two attached hydrogens (primary N) is 1. The molecule has 0 saturated carbocycles. The first kappa shape index (κ1) is 15.1. The molecule has 0 heterocycles. The third-order valence-electron chi connectivity index (χ3n) is 2.58. The Labute approximate surface area is 129 Å². The molecule has 0 radical (unpaired) electrons. The zero-order valence-electron chi connectivity index (χ0n) is 10.5. The minimum atomic E-state index is -0.547. The highest BCUT2D eigenvalue weighted by molar-refractivity contribution is 6.34. The Kier molecular flexibility index (Phi) is 4.30. The Bertz CT molecular complexity index is 735. The molecule has 2 aromatic carbocycles. The van der Waals surface area contributed by atoms with Crippen LogP contribution in [-0.4, -0.2) is 10.8 Å². The summed E-state index contributed by atoms with van der Waals surface area (Å²) in [6, 6.07) is 8.47. The molecule has 2 rings (SSSR count). The van der Waals surface area contributed by atoms with Crippen LogP contribution in [0.15, 0.2) is 36.4 Å². The number of nitrogen functional groups attached to an aromatic ring is 1. The first-order valence-corrected chi connectivity index (χ1v) is 6.40. The van der Waals surface area contributed by atoms with Crippen molar-refractivity contribution in [2.75, 3.05) is 0 Å². The molecule has 0 spiro atoms. The van der Waals surface area contributed by atoms with Gasteiger partial charge in [-0.15, -0.1) is 0 Å². The topological polar surface area (TPSA) is 102 Å². The lowest BCUT2D eigenvalue weighted by Crippen LogP contribution is -2.11. The van der Waals surface area contributed by atoms with Crippen molar-refractivity contribution in [2.24, 2.45) is 5.73 Å². The molecule has 0 fully saturated rings. The van der Waals surface area contributed by atoms with E-state index in [-0.39, 0.29) is 27.3 Å². The van der Waals surface area contributed by atoms with Gasteiger partial charge in [-0.3, -0.25) is 15.5 Å². The van der Waals surface area contributed by atoms with Crippen molar-refractivity contribution in [3.8, 4) is 11.5 Å². The molecule has 21 heavy (non-hydrogen) atoms. The molecule has 0 aliphatic heterocycles. The van der Waals surface area contributed by atoms with Crippen molar-refractivity contribution in [3.05, 3.63) is 62.1 Å². The van der Waals surface area contributed by atoms with Crippen LogP contribution in [-0.2, 0) is 0 Å². The number of halogens is 2. The lowest BCUT2D eigenvalue weighted by Gasteiger charge is -2.09. The number of nitrogens with one attached hydrogen (secondary N) is 1. The summed E-state index contributed by atoms with van der Waals surface area (Å²) in [7, 11) is 0.